The Hall–Kier alpha value is -1.56. The largest absolute Gasteiger partial charge is 0.496 e. The van der Waals surface area contributed by atoms with E-state index >= 15 is 0 Å². The first-order valence-corrected chi connectivity index (χ1v) is 7.66. The lowest BCUT2D eigenvalue weighted by atomic mass is 9.96. The van der Waals surface area contributed by atoms with Gasteiger partial charge in [-0.1, -0.05) is 22.4 Å². The summed E-state index contributed by atoms with van der Waals surface area (Å²) >= 11 is 3.33. The van der Waals surface area contributed by atoms with Gasteiger partial charge in [0.05, 0.1) is 18.6 Å². The fourth-order valence-corrected chi connectivity index (χ4v) is 3.12. The zero-order valence-corrected chi connectivity index (χ0v) is 13.4. The molecule has 2 rings (SSSR count). The summed E-state index contributed by atoms with van der Waals surface area (Å²) in [6, 6.07) is 5.18. The maximum Gasteiger partial charge on any atom is 0.306 e. The molecule has 1 saturated carbocycles. The molecule has 21 heavy (non-hydrogen) atoms. The van der Waals surface area contributed by atoms with Crippen LogP contribution in [-0.2, 0) is 4.79 Å². The average molecular weight is 356 g/mol. The van der Waals surface area contributed by atoms with E-state index < -0.39 is 5.97 Å². The number of aliphatic carboxylic acids is 1. The Kier molecular flexibility index (Phi) is 5.22. The Morgan fingerprint density at radius 1 is 1.43 bits per heavy atom. The van der Waals surface area contributed by atoms with Crippen LogP contribution in [-0.4, -0.2) is 30.6 Å². The molecule has 1 aromatic rings. The van der Waals surface area contributed by atoms with E-state index in [2.05, 4.69) is 21.2 Å². The average Bonchev–Trinajstić information content (AvgIpc) is 2.93. The highest BCUT2D eigenvalue weighted by Gasteiger charge is 2.33. The van der Waals surface area contributed by atoms with Crippen molar-refractivity contribution in [1.29, 1.82) is 0 Å². The molecule has 114 valence electrons. The van der Waals surface area contributed by atoms with Gasteiger partial charge in [-0.15, -0.1) is 0 Å². The van der Waals surface area contributed by atoms with Crippen LogP contribution in [0.4, 0.5) is 0 Å². The number of benzene rings is 1. The highest BCUT2D eigenvalue weighted by atomic mass is 79.9. The fourth-order valence-electron chi connectivity index (χ4n) is 2.78. The van der Waals surface area contributed by atoms with Gasteiger partial charge in [0.15, 0.2) is 0 Å². The van der Waals surface area contributed by atoms with E-state index in [4.69, 9.17) is 9.84 Å². The summed E-state index contributed by atoms with van der Waals surface area (Å²) in [6.45, 7) is 0.384. The third-order valence-corrected chi connectivity index (χ3v) is 4.40. The monoisotopic (exact) mass is 355 g/mol. The molecule has 0 saturated heterocycles. The summed E-state index contributed by atoms with van der Waals surface area (Å²) in [5, 5.41) is 12.0. The maximum absolute atomic E-state index is 12.2. The molecule has 0 bridgehead atoms. The van der Waals surface area contributed by atoms with Crippen molar-refractivity contribution in [3.8, 4) is 5.75 Å². The van der Waals surface area contributed by atoms with E-state index in [1.165, 1.54) is 7.11 Å². The van der Waals surface area contributed by atoms with E-state index in [1.54, 1.807) is 18.2 Å². The van der Waals surface area contributed by atoms with Crippen molar-refractivity contribution in [2.24, 2.45) is 11.8 Å². The molecule has 1 aliphatic rings. The highest BCUT2D eigenvalue weighted by molar-refractivity contribution is 9.10. The molecule has 1 aliphatic carbocycles. The molecule has 0 aliphatic heterocycles. The van der Waals surface area contributed by atoms with Crippen molar-refractivity contribution < 1.29 is 19.4 Å². The minimum Gasteiger partial charge on any atom is -0.496 e. The molecule has 2 unspecified atom stereocenters. The summed E-state index contributed by atoms with van der Waals surface area (Å²) < 4.78 is 6.02. The molecule has 0 spiro atoms. The van der Waals surface area contributed by atoms with Gasteiger partial charge in [-0.2, -0.15) is 0 Å². The lowest BCUT2D eigenvalue weighted by molar-refractivity contribution is -0.142. The first-order valence-electron chi connectivity index (χ1n) is 6.87. The molecule has 1 amide bonds. The third kappa shape index (κ3) is 3.75. The number of hydrogen-bond acceptors (Lipinski definition) is 3. The molecule has 5 nitrogen and oxygen atoms in total. The lowest BCUT2D eigenvalue weighted by Crippen LogP contribution is -2.33. The Labute approximate surface area is 131 Å². The van der Waals surface area contributed by atoms with Crippen molar-refractivity contribution in [2.45, 2.75) is 19.3 Å². The standard InChI is InChI=1S/C15H18BrNO4/c1-21-13-7-10(16)5-6-12(13)14(18)17-8-9-3-2-4-11(9)15(19)20/h5-7,9,11H,2-4,8H2,1H3,(H,17,18)(H,19,20). The number of carboxylic acids is 1. The molecule has 1 fully saturated rings. The van der Waals surface area contributed by atoms with E-state index in [0.717, 1.165) is 17.3 Å². The van der Waals surface area contributed by atoms with Crippen molar-refractivity contribution in [2.75, 3.05) is 13.7 Å². The van der Waals surface area contributed by atoms with Crippen LogP contribution in [0.5, 0.6) is 5.75 Å². The van der Waals surface area contributed by atoms with Gasteiger partial charge in [-0.3, -0.25) is 9.59 Å². The van der Waals surface area contributed by atoms with Gasteiger partial charge in [-0.25, -0.2) is 0 Å². The molecular formula is C15H18BrNO4. The Morgan fingerprint density at radius 2 is 2.19 bits per heavy atom. The van der Waals surface area contributed by atoms with Gasteiger partial charge in [0.1, 0.15) is 5.75 Å². The number of carboxylic acid groups (broad SMARTS) is 1. The van der Waals surface area contributed by atoms with Crippen LogP contribution in [0.25, 0.3) is 0 Å². The Morgan fingerprint density at radius 3 is 2.86 bits per heavy atom. The number of amides is 1. The van der Waals surface area contributed by atoms with E-state index in [1.807, 2.05) is 0 Å². The van der Waals surface area contributed by atoms with Crippen LogP contribution in [0.15, 0.2) is 22.7 Å². The first-order chi connectivity index (χ1) is 10.0. The van der Waals surface area contributed by atoms with Crippen LogP contribution in [0, 0.1) is 11.8 Å². The maximum atomic E-state index is 12.2. The van der Waals surface area contributed by atoms with Crippen LogP contribution >= 0.6 is 15.9 Å². The third-order valence-electron chi connectivity index (χ3n) is 3.91. The molecular weight excluding hydrogens is 338 g/mol. The molecule has 0 heterocycles. The second-order valence-corrected chi connectivity index (χ2v) is 6.11. The summed E-state index contributed by atoms with van der Waals surface area (Å²) in [5.41, 5.74) is 0.450. The van der Waals surface area contributed by atoms with Gasteiger partial charge in [-0.05, 0) is 37.0 Å². The number of nitrogens with one attached hydrogen (secondary N) is 1. The second kappa shape index (κ2) is 6.93. The molecule has 2 atom stereocenters. The number of carbonyl (C=O) groups is 2. The highest BCUT2D eigenvalue weighted by Crippen LogP contribution is 2.31. The summed E-state index contributed by atoms with van der Waals surface area (Å²) in [6.07, 6.45) is 2.44. The number of halogens is 1. The van der Waals surface area contributed by atoms with Gasteiger partial charge < -0.3 is 15.2 Å². The summed E-state index contributed by atoms with van der Waals surface area (Å²) in [7, 11) is 1.51. The number of rotatable bonds is 5. The van der Waals surface area contributed by atoms with Crippen molar-refractivity contribution >= 4 is 27.8 Å². The van der Waals surface area contributed by atoms with Crippen LogP contribution < -0.4 is 10.1 Å². The predicted molar refractivity (Wildman–Crippen MR) is 81.5 cm³/mol. The minimum atomic E-state index is -0.770. The number of carbonyl (C=O) groups excluding carboxylic acids is 1. The van der Waals surface area contributed by atoms with Crippen LogP contribution in [0.2, 0.25) is 0 Å². The van der Waals surface area contributed by atoms with Crippen molar-refractivity contribution in [3.05, 3.63) is 28.2 Å². The van der Waals surface area contributed by atoms with E-state index in [9.17, 15) is 9.59 Å². The Bertz CT molecular complexity index is 546. The number of methoxy groups -OCH3 is 1. The topological polar surface area (TPSA) is 75.6 Å². The molecule has 6 heteroatoms. The van der Waals surface area contributed by atoms with Crippen LogP contribution in [0.1, 0.15) is 29.6 Å². The van der Waals surface area contributed by atoms with Gasteiger partial charge in [0.2, 0.25) is 0 Å². The molecule has 0 radical (unpaired) electrons. The smallest absolute Gasteiger partial charge is 0.306 e. The van der Waals surface area contributed by atoms with Gasteiger partial charge in [0, 0.05) is 11.0 Å². The molecule has 1 aromatic carbocycles. The van der Waals surface area contributed by atoms with Crippen molar-refractivity contribution in [1.82, 2.24) is 5.32 Å². The zero-order valence-electron chi connectivity index (χ0n) is 11.8. The number of hydrogen-bond donors (Lipinski definition) is 2. The lowest BCUT2D eigenvalue weighted by Gasteiger charge is -2.17. The van der Waals surface area contributed by atoms with E-state index in [-0.39, 0.29) is 17.7 Å². The fraction of sp³-hybridized carbons (Fsp3) is 0.467. The van der Waals surface area contributed by atoms with Crippen LogP contribution in [0.3, 0.4) is 0 Å². The van der Waals surface area contributed by atoms with Gasteiger partial charge in [0.25, 0.3) is 5.91 Å². The van der Waals surface area contributed by atoms with E-state index in [0.29, 0.717) is 24.3 Å². The summed E-state index contributed by atoms with van der Waals surface area (Å²) in [5.74, 6) is -0.864. The first kappa shape index (κ1) is 15.8. The molecule has 2 N–H and O–H groups in total. The SMILES string of the molecule is COc1cc(Br)ccc1C(=O)NCC1CCCC1C(=O)O. The van der Waals surface area contributed by atoms with Crippen molar-refractivity contribution in [3.63, 3.8) is 0 Å². The normalized spacial score (nSPS) is 21.0. The number of ether oxygens (including phenoxy) is 1. The second-order valence-electron chi connectivity index (χ2n) is 5.19. The summed E-state index contributed by atoms with van der Waals surface area (Å²) in [4.78, 5) is 23.3. The molecule has 0 aromatic heterocycles. The zero-order chi connectivity index (χ0) is 15.4. The quantitative estimate of drug-likeness (QED) is 0.851. The van der Waals surface area contributed by atoms with Gasteiger partial charge >= 0.3 is 5.97 Å². The predicted octanol–water partition coefficient (Wildman–Crippen LogP) is 2.69. The minimum absolute atomic E-state index is 0.00731. The Balaban J connectivity index is 2.00.